The lowest BCUT2D eigenvalue weighted by Crippen LogP contribution is -2.28. The minimum Gasteiger partial charge on any atom is -0.493 e. The van der Waals surface area contributed by atoms with Crippen molar-refractivity contribution in [1.29, 1.82) is 5.26 Å². The summed E-state index contributed by atoms with van der Waals surface area (Å²) in [6.07, 6.45) is 2.62. The number of ether oxygens (including phenoxy) is 1. The van der Waals surface area contributed by atoms with Crippen LogP contribution in [0, 0.1) is 11.3 Å². The molecule has 1 N–H and O–H groups in total. The lowest BCUT2D eigenvalue weighted by Gasteiger charge is -2.26. The summed E-state index contributed by atoms with van der Waals surface area (Å²) in [5, 5.41) is 16.1. The molecule has 1 aromatic carbocycles. The molecule has 0 aliphatic carbocycles. The summed E-state index contributed by atoms with van der Waals surface area (Å²) in [7, 11) is 0. The summed E-state index contributed by atoms with van der Waals surface area (Å²) >= 11 is 0. The van der Waals surface area contributed by atoms with Gasteiger partial charge in [-0.05, 0) is 18.1 Å². The number of para-hydroxylation sites is 1. The normalized spacial score (nSPS) is 16.8. The van der Waals surface area contributed by atoms with Crippen molar-refractivity contribution in [3.63, 3.8) is 0 Å². The van der Waals surface area contributed by atoms with Gasteiger partial charge in [0, 0.05) is 19.0 Å². The van der Waals surface area contributed by atoms with Crippen LogP contribution in [0.15, 0.2) is 30.6 Å². The highest BCUT2D eigenvalue weighted by Crippen LogP contribution is 2.32. The van der Waals surface area contributed by atoms with Gasteiger partial charge in [0.05, 0.1) is 13.2 Å². The molecule has 1 aliphatic rings. The number of nitriles is 1. The Morgan fingerprint density at radius 3 is 3.19 bits per heavy atom. The molecule has 0 radical (unpaired) electrons. The van der Waals surface area contributed by atoms with Gasteiger partial charge in [-0.1, -0.05) is 18.2 Å². The average molecular weight is 283 g/mol. The molecule has 108 valence electrons. The maximum absolute atomic E-state index is 8.67. The third-order valence-corrected chi connectivity index (χ3v) is 3.63. The first-order chi connectivity index (χ1) is 10.4. The van der Waals surface area contributed by atoms with Crippen molar-refractivity contribution >= 4 is 0 Å². The Balaban J connectivity index is 1.49. The third-order valence-electron chi connectivity index (χ3n) is 3.63. The summed E-state index contributed by atoms with van der Waals surface area (Å²) in [5.41, 5.74) is 1.28. The van der Waals surface area contributed by atoms with Crippen molar-refractivity contribution in [3.05, 3.63) is 42.0 Å². The van der Waals surface area contributed by atoms with Crippen molar-refractivity contribution in [2.24, 2.45) is 0 Å². The van der Waals surface area contributed by atoms with Crippen molar-refractivity contribution in [1.82, 2.24) is 20.1 Å². The molecule has 0 spiro atoms. The van der Waals surface area contributed by atoms with Crippen LogP contribution in [0.1, 0.15) is 23.7 Å². The van der Waals surface area contributed by atoms with Crippen LogP contribution in [0.2, 0.25) is 0 Å². The van der Waals surface area contributed by atoms with Crippen LogP contribution in [0.5, 0.6) is 5.75 Å². The number of aromatic nitrogens is 3. The number of hydrogen-bond acceptors (Lipinski definition) is 5. The highest BCUT2D eigenvalue weighted by Gasteiger charge is 2.20. The Hall–Kier alpha value is -2.39. The van der Waals surface area contributed by atoms with E-state index in [1.54, 1.807) is 11.0 Å². The Labute approximate surface area is 123 Å². The lowest BCUT2D eigenvalue weighted by atomic mass is 9.93. The van der Waals surface area contributed by atoms with Gasteiger partial charge in [0.1, 0.15) is 18.1 Å². The van der Waals surface area contributed by atoms with Crippen LogP contribution < -0.4 is 10.1 Å². The van der Waals surface area contributed by atoms with Gasteiger partial charge in [-0.2, -0.15) is 5.26 Å². The standard InChI is InChI=1S/C15H17N5O/c16-9-15-18-11-20(19-15)7-6-17-10-12-5-8-21-14-4-2-1-3-13(12)14/h1-4,11-12,17H,5-8,10H2. The fraction of sp³-hybridized carbons (Fsp3) is 0.400. The summed E-state index contributed by atoms with van der Waals surface area (Å²) in [6, 6.07) is 10.1. The van der Waals surface area contributed by atoms with Gasteiger partial charge < -0.3 is 10.1 Å². The number of nitrogens with zero attached hydrogens (tertiary/aromatic N) is 4. The van der Waals surface area contributed by atoms with Gasteiger partial charge in [-0.25, -0.2) is 4.98 Å². The molecular weight excluding hydrogens is 266 g/mol. The monoisotopic (exact) mass is 283 g/mol. The van der Waals surface area contributed by atoms with E-state index in [-0.39, 0.29) is 5.82 Å². The highest BCUT2D eigenvalue weighted by molar-refractivity contribution is 5.37. The molecule has 0 bridgehead atoms. The summed E-state index contributed by atoms with van der Waals surface area (Å²) in [4.78, 5) is 3.88. The van der Waals surface area contributed by atoms with E-state index >= 15 is 0 Å². The molecule has 2 heterocycles. The fourth-order valence-electron chi connectivity index (χ4n) is 2.55. The topological polar surface area (TPSA) is 75.8 Å². The number of rotatable bonds is 5. The van der Waals surface area contributed by atoms with E-state index in [0.717, 1.165) is 31.9 Å². The molecule has 0 fully saturated rings. The predicted octanol–water partition coefficient (Wildman–Crippen LogP) is 1.31. The third kappa shape index (κ3) is 3.20. The van der Waals surface area contributed by atoms with Gasteiger partial charge in [-0.15, -0.1) is 5.10 Å². The Kier molecular flexibility index (Phi) is 4.12. The first-order valence-corrected chi connectivity index (χ1v) is 7.09. The Bertz CT molecular complexity index is 646. The lowest BCUT2D eigenvalue weighted by molar-refractivity contribution is 0.264. The molecule has 2 aromatic rings. The molecule has 1 atom stereocenters. The van der Waals surface area contributed by atoms with Crippen LogP contribution in [-0.2, 0) is 6.54 Å². The molecule has 21 heavy (non-hydrogen) atoms. The second-order valence-electron chi connectivity index (χ2n) is 5.02. The van der Waals surface area contributed by atoms with E-state index in [4.69, 9.17) is 10.00 Å². The van der Waals surface area contributed by atoms with Gasteiger partial charge in [-0.3, -0.25) is 4.68 Å². The summed E-state index contributed by atoms with van der Waals surface area (Å²) < 4.78 is 7.35. The quantitative estimate of drug-likeness (QED) is 0.837. The molecule has 0 amide bonds. The van der Waals surface area contributed by atoms with Gasteiger partial charge >= 0.3 is 0 Å². The number of fused-ring (bicyclic) bond motifs is 1. The van der Waals surface area contributed by atoms with Crippen LogP contribution in [-0.4, -0.2) is 34.5 Å². The van der Waals surface area contributed by atoms with E-state index in [9.17, 15) is 0 Å². The molecule has 1 unspecified atom stereocenters. The van der Waals surface area contributed by atoms with Crippen molar-refractivity contribution < 1.29 is 4.74 Å². The zero-order valence-electron chi connectivity index (χ0n) is 11.7. The molecule has 0 saturated carbocycles. The number of nitrogens with one attached hydrogen (secondary N) is 1. The summed E-state index contributed by atoms with van der Waals surface area (Å²) in [5.74, 6) is 1.71. The van der Waals surface area contributed by atoms with E-state index in [1.165, 1.54) is 5.56 Å². The average Bonchev–Trinajstić information content (AvgIpc) is 3.00. The number of hydrogen-bond donors (Lipinski definition) is 1. The first-order valence-electron chi connectivity index (χ1n) is 7.09. The second kappa shape index (κ2) is 6.37. The van der Waals surface area contributed by atoms with Crippen LogP contribution >= 0.6 is 0 Å². The van der Waals surface area contributed by atoms with E-state index in [1.807, 2.05) is 18.2 Å². The predicted molar refractivity (Wildman–Crippen MR) is 76.9 cm³/mol. The maximum atomic E-state index is 8.67. The van der Waals surface area contributed by atoms with Crippen LogP contribution in [0.3, 0.4) is 0 Å². The molecule has 1 aliphatic heterocycles. The molecular formula is C15H17N5O. The summed E-state index contributed by atoms with van der Waals surface area (Å²) in [6.45, 7) is 3.20. The van der Waals surface area contributed by atoms with Gasteiger partial charge in [0.15, 0.2) is 0 Å². The smallest absolute Gasteiger partial charge is 0.252 e. The largest absolute Gasteiger partial charge is 0.493 e. The minimum absolute atomic E-state index is 0.216. The molecule has 6 nitrogen and oxygen atoms in total. The molecule has 1 aromatic heterocycles. The fourth-order valence-corrected chi connectivity index (χ4v) is 2.55. The van der Waals surface area contributed by atoms with E-state index in [0.29, 0.717) is 12.5 Å². The van der Waals surface area contributed by atoms with Crippen molar-refractivity contribution in [2.45, 2.75) is 18.9 Å². The van der Waals surface area contributed by atoms with Gasteiger partial charge in [0.2, 0.25) is 0 Å². The molecule has 3 rings (SSSR count). The maximum Gasteiger partial charge on any atom is 0.252 e. The minimum atomic E-state index is 0.216. The van der Waals surface area contributed by atoms with Crippen molar-refractivity contribution in [2.75, 3.05) is 19.7 Å². The highest BCUT2D eigenvalue weighted by atomic mass is 16.5. The zero-order chi connectivity index (χ0) is 14.5. The molecule has 6 heteroatoms. The van der Waals surface area contributed by atoms with Crippen LogP contribution in [0.4, 0.5) is 0 Å². The van der Waals surface area contributed by atoms with E-state index in [2.05, 4.69) is 27.5 Å². The Morgan fingerprint density at radius 1 is 1.43 bits per heavy atom. The first kappa shape index (κ1) is 13.6. The van der Waals surface area contributed by atoms with Gasteiger partial charge in [0.25, 0.3) is 5.82 Å². The molecule has 0 saturated heterocycles. The Morgan fingerprint density at radius 2 is 2.33 bits per heavy atom. The zero-order valence-corrected chi connectivity index (χ0v) is 11.7. The van der Waals surface area contributed by atoms with Crippen LogP contribution in [0.25, 0.3) is 0 Å². The second-order valence-corrected chi connectivity index (χ2v) is 5.02. The number of benzene rings is 1. The SMILES string of the molecule is N#Cc1ncn(CCNCC2CCOc3ccccc32)n1. The van der Waals surface area contributed by atoms with E-state index < -0.39 is 0 Å². The van der Waals surface area contributed by atoms with Crippen molar-refractivity contribution in [3.8, 4) is 11.8 Å².